The molecule has 0 spiro atoms. The third kappa shape index (κ3) is 1.59. The molecule has 0 N–H and O–H groups in total. The van der Waals surface area contributed by atoms with Crippen LogP contribution in [0.3, 0.4) is 0 Å². The molecular formula is C10H10N3. The Morgan fingerprint density at radius 1 is 1.54 bits per heavy atom. The van der Waals surface area contributed by atoms with E-state index < -0.39 is 0 Å². The number of aryl methyl sites for hydroxylation is 1. The Morgan fingerprint density at radius 2 is 2.46 bits per heavy atom. The molecule has 0 aliphatic carbocycles. The van der Waals surface area contributed by atoms with E-state index in [1.54, 1.807) is 17.1 Å². The zero-order valence-electron chi connectivity index (χ0n) is 7.44. The summed E-state index contributed by atoms with van der Waals surface area (Å²) >= 11 is 0. The second kappa shape index (κ2) is 3.39. The molecule has 1 radical (unpaired) electrons. The highest BCUT2D eigenvalue weighted by atomic mass is 15.3. The molecule has 65 valence electrons. The van der Waals surface area contributed by atoms with Crippen LogP contribution < -0.4 is 0 Å². The van der Waals surface area contributed by atoms with E-state index in [2.05, 4.69) is 16.3 Å². The predicted octanol–water partition coefficient (Wildman–Crippen LogP) is 1.77. The number of hydrogen-bond donors (Lipinski definition) is 0. The van der Waals surface area contributed by atoms with Crippen molar-refractivity contribution >= 4 is 0 Å². The van der Waals surface area contributed by atoms with Gasteiger partial charge in [-0.05, 0) is 25.1 Å². The quantitative estimate of drug-likeness (QED) is 0.691. The van der Waals surface area contributed by atoms with E-state index in [-0.39, 0.29) is 0 Å². The Labute approximate surface area is 77.0 Å². The molecule has 3 nitrogen and oxygen atoms in total. The highest BCUT2D eigenvalue weighted by Gasteiger charge is 2.00. The van der Waals surface area contributed by atoms with Crippen LogP contribution in [0.15, 0.2) is 30.6 Å². The lowest BCUT2D eigenvalue weighted by molar-refractivity contribution is 0.657. The van der Waals surface area contributed by atoms with Gasteiger partial charge in [-0.3, -0.25) is 9.67 Å². The Morgan fingerprint density at radius 3 is 3.08 bits per heavy atom. The predicted molar refractivity (Wildman–Crippen MR) is 50.0 cm³/mol. The fraction of sp³-hybridized carbons (Fsp3) is 0.200. The number of hydrogen-bond acceptors (Lipinski definition) is 2. The first-order chi connectivity index (χ1) is 6.40. The molecule has 0 unspecified atom stereocenters. The maximum absolute atomic E-state index is 4.32. The Balaban J connectivity index is 2.36. The van der Waals surface area contributed by atoms with Gasteiger partial charge in [0, 0.05) is 24.5 Å². The smallest absolute Gasteiger partial charge is 0.0945 e. The molecule has 13 heavy (non-hydrogen) atoms. The molecule has 2 heterocycles. The second-order valence-electron chi connectivity index (χ2n) is 2.72. The molecule has 0 bridgehead atoms. The first-order valence-corrected chi connectivity index (χ1v) is 4.26. The Kier molecular flexibility index (Phi) is 2.08. The van der Waals surface area contributed by atoms with Crippen LogP contribution in [0.1, 0.15) is 6.92 Å². The highest BCUT2D eigenvalue weighted by Crippen LogP contribution is 2.13. The maximum atomic E-state index is 4.32. The van der Waals surface area contributed by atoms with Crippen LogP contribution in [0.5, 0.6) is 0 Å². The molecule has 3 heteroatoms. The van der Waals surface area contributed by atoms with Crippen molar-refractivity contribution in [3.05, 3.63) is 36.8 Å². The third-order valence-corrected chi connectivity index (χ3v) is 1.84. The van der Waals surface area contributed by atoms with E-state index in [9.17, 15) is 0 Å². The van der Waals surface area contributed by atoms with Crippen molar-refractivity contribution in [3.8, 4) is 11.3 Å². The van der Waals surface area contributed by atoms with Gasteiger partial charge in [0.15, 0.2) is 0 Å². The summed E-state index contributed by atoms with van der Waals surface area (Å²) < 4.78 is 1.78. The van der Waals surface area contributed by atoms with Gasteiger partial charge in [-0.1, -0.05) is 0 Å². The Bertz CT molecular complexity index is 378. The standard InChI is InChI=1S/C10H10N3/c1-2-13-7-5-10(12-13)9-4-3-6-11-8-9/h3-6,8H,2H2,1H3. The van der Waals surface area contributed by atoms with Crippen molar-refractivity contribution in [1.29, 1.82) is 0 Å². The zero-order chi connectivity index (χ0) is 9.10. The maximum Gasteiger partial charge on any atom is 0.0945 e. The van der Waals surface area contributed by atoms with Crippen LogP contribution >= 0.6 is 0 Å². The largest absolute Gasteiger partial charge is 0.264 e. The van der Waals surface area contributed by atoms with E-state index in [0.29, 0.717) is 0 Å². The highest BCUT2D eigenvalue weighted by molar-refractivity contribution is 5.56. The summed E-state index contributed by atoms with van der Waals surface area (Å²) in [5.74, 6) is 0. The first-order valence-electron chi connectivity index (χ1n) is 4.26. The van der Waals surface area contributed by atoms with Crippen LogP contribution in [0, 0.1) is 6.20 Å². The number of pyridine rings is 1. The van der Waals surface area contributed by atoms with Crippen molar-refractivity contribution in [3.63, 3.8) is 0 Å². The van der Waals surface area contributed by atoms with E-state index in [0.717, 1.165) is 17.8 Å². The summed E-state index contributed by atoms with van der Waals surface area (Å²) in [5.41, 5.74) is 1.96. The molecule has 2 rings (SSSR count). The molecular weight excluding hydrogens is 162 g/mol. The average Bonchev–Trinajstić information content (AvgIpc) is 2.67. The average molecular weight is 172 g/mol. The van der Waals surface area contributed by atoms with Crippen LogP contribution in [-0.2, 0) is 6.54 Å². The summed E-state index contributed by atoms with van der Waals surface area (Å²) in [4.78, 5) is 4.03. The summed E-state index contributed by atoms with van der Waals surface area (Å²) in [6.07, 6.45) is 6.59. The molecule has 0 aromatic carbocycles. The molecule has 0 atom stereocenters. The minimum atomic E-state index is 0.847. The fourth-order valence-corrected chi connectivity index (χ4v) is 1.14. The van der Waals surface area contributed by atoms with Crippen molar-refractivity contribution in [2.45, 2.75) is 13.5 Å². The molecule has 0 aliphatic rings. The van der Waals surface area contributed by atoms with Gasteiger partial charge in [0.1, 0.15) is 0 Å². The lowest BCUT2D eigenvalue weighted by Crippen LogP contribution is -1.94. The summed E-state index contributed by atoms with van der Waals surface area (Å²) in [5, 5.41) is 4.32. The van der Waals surface area contributed by atoms with Crippen LogP contribution in [0.2, 0.25) is 0 Å². The van der Waals surface area contributed by atoms with Gasteiger partial charge in [-0.2, -0.15) is 5.10 Å². The van der Waals surface area contributed by atoms with Crippen molar-refractivity contribution < 1.29 is 0 Å². The molecule has 0 fully saturated rings. The van der Waals surface area contributed by atoms with Gasteiger partial charge in [0.05, 0.1) is 11.9 Å². The molecule has 2 aromatic rings. The van der Waals surface area contributed by atoms with Crippen LogP contribution in [0.25, 0.3) is 11.3 Å². The molecule has 0 saturated heterocycles. The SMILES string of the molecule is CCn1[c]cc(-c2cccnc2)n1. The van der Waals surface area contributed by atoms with Gasteiger partial charge in [0.2, 0.25) is 0 Å². The Hall–Kier alpha value is -1.64. The minimum Gasteiger partial charge on any atom is -0.264 e. The second-order valence-corrected chi connectivity index (χ2v) is 2.72. The van der Waals surface area contributed by atoms with Gasteiger partial charge in [-0.25, -0.2) is 0 Å². The van der Waals surface area contributed by atoms with E-state index in [1.807, 2.05) is 25.1 Å². The van der Waals surface area contributed by atoms with Crippen molar-refractivity contribution in [2.24, 2.45) is 0 Å². The summed E-state index contributed by atoms with van der Waals surface area (Å²) in [7, 11) is 0. The fourth-order valence-electron chi connectivity index (χ4n) is 1.14. The molecule has 0 aliphatic heterocycles. The lowest BCUT2D eigenvalue weighted by atomic mass is 10.2. The van der Waals surface area contributed by atoms with Crippen molar-refractivity contribution in [2.75, 3.05) is 0 Å². The van der Waals surface area contributed by atoms with Gasteiger partial charge in [0.25, 0.3) is 0 Å². The van der Waals surface area contributed by atoms with E-state index in [1.165, 1.54) is 0 Å². The summed E-state index contributed by atoms with van der Waals surface area (Å²) in [6.45, 7) is 2.89. The first kappa shape index (κ1) is 7.98. The molecule has 0 saturated carbocycles. The number of aromatic nitrogens is 3. The van der Waals surface area contributed by atoms with Gasteiger partial charge < -0.3 is 0 Å². The topological polar surface area (TPSA) is 30.7 Å². The summed E-state index contributed by atoms with van der Waals surface area (Å²) in [6, 6.07) is 5.77. The van der Waals surface area contributed by atoms with Gasteiger partial charge >= 0.3 is 0 Å². The lowest BCUT2D eigenvalue weighted by Gasteiger charge is -1.94. The minimum absolute atomic E-state index is 0.847. The van der Waals surface area contributed by atoms with Crippen LogP contribution in [0.4, 0.5) is 0 Å². The van der Waals surface area contributed by atoms with Gasteiger partial charge in [-0.15, -0.1) is 0 Å². The number of rotatable bonds is 2. The zero-order valence-corrected chi connectivity index (χ0v) is 7.44. The monoisotopic (exact) mass is 172 g/mol. The van der Waals surface area contributed by atoms with Crippen LogP contribution in [-0.4, -0.2) is 14.8 Å². The molecule has 2 aromatic heterocycles. The van der Waals surface area contributed by atoms with E-state index >= 15 is 0 Å². The number of nitrogens with zero attached hydrogens (tertiary/aromatic N) is 3. The normalized spacial score (nSPS) is 10.2. The van der Waals surface area contributed by atoms with E-state index in [4.69, 9.17) is 0 Å². The molecule has 0 amide bonds. The third-order valence-electron chi connectivity index (χ3n) is 1.84. The van der Waals surface area contributed by atoms with Crippen molar-refractivity contribution in [1.82, 2.24) is 14.8 Å².